The zero-order valence-corrected chi connectivity index (χ0v) is 21.8. The molecule has 0 fully saturated rings. The maximum atomic E-state index is 13.7. The fourth-order valence-electron chi connectivity index (χ4n) is 4.36. The van der Waals surface area contributed by atoms with E-state index in [1.165, 1.54) is 4.46 Å². The van der Waals surface area contributed by atoms with Crippen molar-refractivity contribution in [2.24, 2.45) is 0 Å². The van der Waals surface area contributed by atoms with E-state index in [4.69, 9.17) is 15.9 Å². The summed E-state index contributed by atoms with van der Waals surface area (Å²) in [6.45, 7) is 0.00606. The van der Waals surface area contributed by atoms with E-state index >= 15 is 0 Å². The van der Waals surface area contributed by atoms with Crippen LogP contribution in [0.15, 0.2) is 97.1 Å². The van der Waals surface area contributed by atoms with E-state index in [0.717, 1.165) is 10.9 Å². The zero-order chi connectivity index (χ0) is 25.6. The molecule has 4 aromatic rings. The van der Waals surface area contributed by atoms with E-state index in [9.17, 15) is 9.59 Å². The molecule has 1 aliphatic rings. The van der Waals surface area contributed by atoms with Crippen molar-refractivity contribution in [3.8, 4) is 23.8 Å². The Kier molecular flexibility index (Phi) is 7.51. The van der Waals surface area contributed by atoms with Crippen LogP contribution >= 0.6 is 0 Å². The first kappa shape index (κ1) is 24.6. The molecule has 1 atom stereocenters. The first-order chi connectivity index (χ1) is 18.2. The SMILES string of the molecule is C#CCOc1c(C(=O)c2ccccc2)cc(C(=O)c2ccccc2)c2c1CC(C[Se]c1ccccc1)O2. The summed E-state index contributed by atoms with van der Waals surface area (Å²) in [5, 5.41) is 0.821. The van der Waals surface area contributed by atoms with Crippen molar-refractivity contribution in [3.63, 3.8) is 0 Å². The van der Waals surface area contributed by atoms with E-state index in [2.05, 4.69) is 18.1 Å². The summed E-state index contributed by atoms with van der Waals surface area (Å²) in [5.41, 5.74) is 2.44. The predicted octanol–water partition coefficient (Wildman–Crippen LogP) is 4.91. The van der Waals surface area contributed by atoms with Gasteiger partial charge < -0.3 is 0 Å². The van der Waals surface area contributed by atoms with Crippen molar-refractivity contribution in [3.05, 3.63) is 125 Å². The second-order valence-corrected chi connectivity index (χ2v) is 10.9. The van der Waals surface area contributed by atoms with Gasteiger partial charge in [0.25, 0.3) is 0 Å². The third-order valence-electron chi connectivity index (χ3n) is 6.08. The van der Waals surface area contributed by atoms with Crippen molar-refractivity contribution < 1.29 is 19.1 Å². The van der Waals surface area contributed by atoms with Crippen LogP contribution in [0.4, 0.5) is 0 Å². The Balaban J connectivity index is 1.59. The fraction of sp³-hybridized carbons (Fsp3) is 0.125. The number of fused-ring (bicyclic) bond motifs is 1. The van der Waals surface area contributed by atoms with Gasteiger partial charge in [0.2, 0.25) is 0 Å². The van der Waals surface area contributed by atoms with Gasteiger partial charge in [-0.3, -0.25) is 0 Å². The molecule has 0 aromatic heterocycles. The van der Waals surface area contributed by atoms with Gasteiger partial charge >= 0.3 is 223 Å². The number of hydrogen-bond donors (Lipinski definition) is 0. The summed E-state index contributed by atoms with van der Waals surface area (Å²) in [4.78, 5) is 27.3. The number of benzene rings is 4. The Morgan fingerprint density at radius 2 is 1.43 bits per heavy atom. The second kappa shape index (κ2) is 11.3. The summed E-state index contributed by atoms with van der Waals surface area (Å²) in [7, 11) is 0. The van der Waals surface area contributed by atoms with Crippen molar-refractivity contribution in [2.45, 2.75) is 17.8 Å². The predicted molar refractivity (Wildman–Crippen MR) is 145 cm³/mol. The van der Waals surface area contributed by atoms with E-state index in [0.29, 0.717) is 40.2 Å². The molecule has 0 spiro atoms. The average molecular weight is 552 g/mol. The first-order valence-corrected chi connectivity index (χ1v) is 14.0. The molecule has 4 aromatic carbocycles. The summed E-state index contributed by atoms with van der Waals surface area (Å²) in [6, 6.07) is 29.9. The van der Waals surface area contributed by atoms with Gasteiger partial charge in [0, 0.05) is 0 Å². The van der Waals surface area contributed by atoms with Gasteiger partial charge in [-0.25, -0.2) is 0 Å². The third kappa shape index (κ3) is 5.37. The van der Waals surface area contributed by atoms with Crippen LogP contribution in [-0.2, 0) is 6.42 Å². The average Bonchev–Trinajstić information content (AvgIpc) is 3.39. The summed E-state index contributed by atoms with van der Waals surface area (Å²) in [5.74, 6) is 2.96. The van der Waals surface area contributed by atoms with Gasteiger partial charge in [0.1, 0.15) is 0 Å². The number of carbonyl (C=O) groups is 2. The summed E-state index contributed by atoms with van der Waals surface area (Å²) in [6.07, 6.45) is 5.91. The molecule has 0 saturated heterocycles. The number of rotatable bonds is 9. The third-order valence-corrected chi connectivity index (χ3v) is 8.48. The first-order valence-electron chi connectivity index (χ1n) is 12.0. The molecule has 5 heteroatoms. The van der Waals surface area contributed by atoms with Crippen molar-refractivity contribution in [1.82, 2.24) is 0 Å². The van der Waals surface area contributed by atoms with E-state index in [1.807, 2.05) is 54.6 Å². The molecular formula is C32H24O4Se. The monoisotopic (exact) mass is 552 g/mol. The molecule has 4 nitrogen and oxygen atoms in total. The Morgan fingerprint density at radius 3 is 2.03 bits per heavy atom. The second-order valence-electron chi connectivity index (χ2n) is 8.56. The van der Waals surface area contributed by atoms with Gasteiger partial charge in [-0.1, -0.05) is 0 Å². The Morgan fingerprint density at radius 1 is 0.865 bits per heavy atom. The molecule has 0 amide bonds. The van der Waals surface area contributed by atoms with Crippen molar-refractivity contribution in [2.75, 3.05) is 6.61 Å². The molecule has 1 heterocycles. The van der Waals surface area contributed by atoms with Gasteiger partial charge in [-0.05, 0) is 0 Å². The van der Waals surface area contributed by atoms with Gasteiger partial charge in [0.05, 0.1) is 0 Å². The van der Waals surface area contributed by atoms with E-state index in [-0.39, 0.29) is 39.2 Å². The molecule has 5 rings (SSSR count). The zero-order valence-electron chi connectivity index (χ0n) is 20.1. The Bertz CT molecular complexity index is 1460. The molecule has 37 heavy (non-hydrogen) atoms. The number of carbonyl (C=O) groups excluding carboxylic acids is 2. The fourth-order valence-corrected chi connectivity index (χ4v) is 6.28. The van der Waals surface area contributed by atoms with Gasteiger partial charge in [0.15, 0.2) is 0 Å². The van der Waals surface area contributed by atoms with Crippen molar-refractivity contribution >= 4 is 31.0 Å². The number of ether oxygens (including phenoxy) is 2. The molecule has 182 valence electrons. The Hall–Kier alpha value is -4.10. The number of terminal acetylenes is 1. The van der Waals surface area contributed by atoms with Gasteiger partial charge in [-0.15, -0.1) is 0 Å². The standard InChI is InChI=1S/C32H24O4Se/c1-2-18-35-31-26(29(33)22-12-6-3-7-13-22)20-27(30(34)23-14-8-4-9-15-23)32-28(31)19-24(36-32)21-37-25-16-10-5-11-17-25/h1,3-17,20,24H,18-19,21H2. The van der Waals surface area contributed by atoms with E-state index < -0.39 is 0 Å². The van der Waals surface area contributed by atoms with Gasteiger partial charge in [-0.2, -0.15) is 0 Å². The molecule has 1 aliphatic heterocycles. The minimum atomic E-state index is -0.227. The van der Waals surface area contributed by atoms with Crippen LogP contribution in [0.2, 0.25) is 5.32 Å². The molecule has 0 N–H and O–H groups in total. The normalized spacial score (nSPS) is 13.8. The maximum absolute atomic E-state index is 13.7. The van der Waals surface area contributed by atoms with Crippen molar-refractivity contribution in [1.29, 1.82) is 0 Å². The minimum absolute atomic E-state index is 0.00606. The molecule has 0 aliphatic carbocycles. The van der Waals surface area contributed by atoms with Crippen LogP contribution in [0.5, 0.6) is 11.5 Å². The molecule has 0 radical (unpaired) electrons. The molecule has 0 bridgehead atoms. The van der Waals surface area contributed by atoms with Crippen LogP contribution < -0.4 is 13.9 Å². The van der Waals surface area contributed by atoms with Crippen LogP contribution in [0.3, 0.4) is 0 Å². The topological polar surface area (TPSA) is 52.6 Å². The van der Waals surface area contributed by atoms with Crippen LogP contribution in [0.25, 0.3) is 0 Å². The van der Waals surface area contributed by atoms with Crippen LogP contribution in [0, 0.1) is 12.3 Å². The quantitative estimate of drug-likeness (QED) is 0.169. The van der Waals surface area contributed by atoms with E-state index in [1.54, 1.807) is 30.3 Å². The van der Waals surface area contributed by atoms with Crippen LogP contribution in [0.1, 0.15) is 37.4 Å². The molecule has 0 saturated carbocycles. The van der Waals surface area contributed by atoms with Crippen LogP contribution in [-0.4, -0.2) is 39.2 Å². The summed E-state index contributed by atoms with van der Waals surface area (Å²) >= 11 is 0.195. The number of hydrogen-bond acceptors (Lipinski definition) is 4. The summed E-state index contributed by atoms with van der Waals surface area (Å²) < 4.78 is 13.7. The Labute approximate surface area is 222 Å². The molecular weight excluding hydrogens is 527 g/mol. The molecule has 1 unspecified atom stereocenters. The number of ketones is 2.